The molecule has 10 heteroatoms. The maximum Gasteiger partial charge on any atom is 0.439 e. The fourth-order valence-electron chi connectivity index (χ4n) is 1.96. The summed E-state index contributed by atoms with van der Waals surface area (Å²) in [6, 6.07) is -1.03. The fraction of sp³-hybridized carbons (Fsp3) is 0.769. The third-order valence-corrected chi connectivity index (χ3v) is 4.34. The Bertz CT molecular complexity index is 547. The van der Waals surface area contributed by atoms with Crippen molar-refractivity contribution in [3.63, 3.8) is 0 Å². The molecule has 2 N–H and O–H groups in total. The van der Waals surface area contributed by atoms with E-state index in [9.17, 15) is 18.0 Å². The van der Waals surface area contributed by atoms with E-state index < -0.39 is 22.1 Å². The van der Waals surface area contributed by atoms with Gasteiger partial charge in [0.1, 0.15) is 5.84 Å². The summed E-state index contributed by atoms with van der Waals surface area (Å²) in [5, 5.41) is 1.88. The van der Waals surface area contributed by atoms with E-state index in [0.717, 1.165) is 25.5 Å². The van der Waals surface area contributed by atoms with Gasteiger partial charge in [-0.2, -0.15) is 0 Å². The third kappa shape index (κ3) is 7.31. The molecule has 1 rings (SSSR count). The van der Waals surface area contributed by atoms with Gasteiger partial charge in [-0.25, -0.2) is 33.1 Å². The predicted octanol–water partition coefficient (Wildman–Crippen LogP) is 1.37. The number of hydroxylamine groups is 1. The van der Waals surface area contributed by atoms with Gasteiger partial charge in [-0.05, 0) is 19.3 Å². The van der Waals surface area contributed by atoms with Crippen molar-refractivity contribution in [2.45, 2.75) is 45.4 Å². The first-order chi connectivity index (χ1) is 10.8. The van der Waals surface area contributed by atoms with Gasteiger partial charge in [0.05, 0.1) is 6.26 Å². The smallest absolute Gasteiger partial charge is 0.323 e. The minimum absolute atomic E-state index is 0.00852. The van der Waals surface area contributed by atoms with E-state index in [1.807, 2.05) is 12.2 Å². The molecule has 0 bridgehead atoms. The summed E-state index contributed by atoms with van der Waals surface area (Å²) >= 11 is 0. The molecule has 1 aliphatic heterocycles. The Morgan fingerprint density at radius 2 is 2.04 bits per heavy atom. The summed E-state index contributed by atoms with van der Waals surface area (Å²) in [4.78, 5) is 32.4. The average molecular weight is 348 g/mol. The highest BCUT2D eigenvalue weighted by Crippen LogP contribution is 2.06. The van der Waals surface area contributed by atoms with Gasteiger partial charge in [-0.3, -0.25) is 4.99 Å². The van der Waals surface area contributed by atoms with Crippen molar-refractivity contribution in [2.75, 3.05) is 19.3 Å². The van der Waals surface area contributed by atoms with Crippen LogP contribution in [0, 0.1) is 0 Å². The van der Waals surface area contributed by atoms with Gasteiger partial charge < -0.3 is 4.84 Å². The number of amides is 3. The molecule has 0 spiro atoms. The van der Waals surface area contributed by atoms with Gasteiger partial charge in [-0.15, -0.1) is 0 Å². The van der Waals surface area contributed by atoms with Crippen LogP contribution < -0.4 is 10.8 Å². The lowest BCUT2D eigenvalue weighted by atomic mass is 10.2. The molecule has 0 atom stereocenters. The monoisotopic (exact) mass is 348 g/mol. The molecule has 3 amide bonds. The standard InChI is InChI=1S/C13H24N4O5S/c1-3-4-10-17(23(2,20)21)12(18)15-13(19)22-16-11-8-6-5-7-9-14-11/h3-10H2,1-2H3,(H,14,16)(H,15,18,19). The number of nitrogens with zero attached hydrogens (tertiary/aromatic N) is 2. The summed E-state index contributed by atoms with van der Waals surface area (Å²) in [6.45, 7) is 2.53. The quantitative estimate of drug-likeness (QED) is 0.741. The molecule has 0 saturated carbocycles. The largest absolute Gasteiger partial charge is 0.439 e. The molecule has 0 aromatic rings. The van der Waals surface area contributed by atoms with Crippen molar-refractivity contribution in [1.82, 2.24) is 15.1 Å². The molecule has 1 heterocycles. The molecule has 23 heavy (non-hydrogen) atoms. The van der Waals surface area contributed by atoms with E-state index in [4.69, 9.17) is 4.84 Å². The van der Waals surface area contributed by atoms with Crippen molar-refractivity contribution in [3.8, 4) is 0 Å². The minimum Gasteiger partial charge on any atom is -0.323 e. The van der Waals surface area contributed by atoms with E-state index in [0.29, 0.717) is 35.9 Å². The second kappa shape index (κ2) is 9.33. The fourth-order valence-corrected chi connectivity index (χ4v) is 2.77. The third-order valence-electron chi connectivity index (χ3n) is 3.19. The highest BCUT2D eigenvalue weighted by molar-refractivity contribution is 7.88. The Labute approximate surface area is 136 Å². The molecule has 0 aliphatic carbocycles. The van der Waals surface area contributed by atoms with Gasteiger partial charge in [0, 0.05) is 19.5 Å². The zero-order valence-corrected chi connectivity index (χ0v) is 14.3. The number of carbonyl (C=O) groups is 2. The molecular weight excluding hydrogens is 324 g/mol. The summed E-state index contributed by atoms with van der Waals surface area (Å²) in [5.74, 6) is 0.538. The van der Waals surface area contributed by atoms with Crippen LogP contribution in [0.25, 0.3) is 0 Å². The molecule has 1 aliphatic rings. The van der Waals surface area contributed by atoms with E-state index in [1.165, 1.54) is 0 Å². The molecule has 0 radical (unpaired) electrons. The number of hydrogen-bond acceptors (Lipinski definition) is 7. The van der Waals surface area contributed by atoms with Gasteiger partial charge in [0.15, 0.2) is 0 Å². The van der Waals surface area contributed by atoms with Crippen molar-refractivity contribution in [1.29, 1.82) is 0 Å². The highest BCUT2D eigenvalue weighted by Gasteiger charge is 2.25. The summed E-state index contributed by atoms with van der Waals surface area (Å²) in [6.07, 6.45) is 4.69. The second-order valence-corrected chi connectivity index (χ2v) is 7.16. The number of urea groups is 1. The van der Waals surface area contributed by atoms with E-state index in [-0.39, 0.29) is 6.54 Å². The molecule has 0 fully saturated rings. The van der Waals surface area contributed by atoms with Crippen LogP contribution in [0.3, 0.4) is 0 Å². The summed E-state index contributed by atoms with van der Waals surface area (Å²) in [5.41, 5.74) is 2.41. The van der Waals surface area contributed by atoms with Gasteiger partial charge in [0.2, 0.25) is 10.0 Å². The maximum absolute atomic E-state index is 11.9. The Morgan fingerprint density at radius 1 is 1.30 bits per heavy atom. The first-order valence-electron chi connectivity index (χ1n) is 7.63. The number of hydrogen-bond donors (Lipinski definition) is 2. The zero-order valence-electron chi connectivity index (χ0n) is 13.5. The van der Waals surface area contributed by atoms with Gasteiger partial charge >= 0.3 is 12.1 Å². The van der Waals surface area contributed by atoms with E-state index in [1.54, 1.807) is 0 Å². The van der Waals surface area contributed by atoms with Gasteiger partial charge in [0.25, 0.3) is 0 Å². The number of sulfonamides is 1. The van der Waals surface area contributed by atoms with Crippen molar-refractivity contribution < 1.29 is 22.8 Å². The molecule has 0 aromatic heterocycles. The normalized spacial score (nSPS) is 15.1. The second-order valence-electron chi connectivity index (χ2n) is 5.25. The first kappa shape index (κ1) is 19.2. The molecular formula is C13H24N4O5S. The Balaban J connectivity index is 2.50. The summed E-state index contributed by atoms with van der Waals surface area (Å²) in [7, 11) is -3.75. The van der Waals surface area contributed by atoms with E-state index >= 15 is 0 Å². The average Bonchev–Trinajstić information content (AvgIpc) is 2.72. The molecule has 132 valence electrons. The topological polar surface area (TPSA) is 117 Å². The molecule has 9 nitrogen and oxygen atoms in total. The van der Waals surface area contributed by atoms with Gasteiger partial charge in [-0.1, -0.05) is 19.8 Å². The number of aliphatic imine (C=N–C) groups is 1. The number of nitrogens with one attached hydrogen (secondary N) is 2. The van der Waals surface area contributed by atoms with Crippen LogP contribution in [0.15, 0.2) is 4.99 Å². The number of amidine groups is 1. The van der Waals surface area contributed by atoms with E-state index in [2.05, 4.69) is 10.5 Å². The lowest BCUT2D eigenvalue weighted by Gasteiger charge is -2.19. The molecule has 0 saturated heterocycles. The number of carbonyl (C=O) groups excluding carboxylic acids is 2. The number of unbranched alkanes of at least 4 members (excludes halogenated alkanes) is 1. The van der Waals surface area contributed by atoms with Crippen molar-refractivity contribution in [2.24, 2.45) is 4.99 Å². The van der Waals surface area contributed by atoms with Crippen LogP contribution in [0.1, 0.15) is 45.4 Å². The SMILES string of the molecule is CCCCN(C(=O)NC(=O)ONC1=NCCCCC1)S(C)(=O)=O. The van der Waals surface area contributed by atoms with Crippen molar-refractivity contribution >= 4 is 28.0 Å². The lowest BCUT2D eigenvalue weighted by molar-refractivity contribution is 0.119. The first-order valence-corrected chi connectivity index (χ1v) is 9.48. The molecule has 0 aromatic carbocycles. The molecule has 0 unspecified atom stereocenters. The number of rotatable bonds is 4. The Kier molecular flexibility index (Phi) is 7.79. The van der Waals surface area contributed by atoms with Crippen LogP contribution in [-0.4, -0.2) is 50.0 Å². The predicted molar refractivity (Wildman–Crippen MR) is 85.4 cm³/mol. The Morgan fingerprint density at radius 3 is 2.70 bits per heavy atom. The zero-order chi connectivity index (χ0) is 17.3. The number of imide groups is 1. The van der Waals surface area contributed by atoms with Crippen LogP contribution in [0.4, 0.5) is 9.59 Å². The maximum atomic E-state index is 11.9. The Hall–Kier alpha value is -1.84. The lowest BCUT2D eigenvalue weighted by Crippen LogP contribution is -2.47. The van der Waals surface area contributed by atoms with Crippen LogP contribution in [-0.2, 0) is 14.9 Å². The van der Waals surface area contributed by atoms with Crippen LogP contribution >= 0.6 is 0 Å². The van der Waals surface area contributed by atoms with Crippen molar-refractivity contribution in [3.05, 3.63) is 0 Å². The highest BCUT2D eigenvalue weighted by atomic mass is 32.2. The van der Waals surface area contributed by atoms with Crippen LogP contribution in [0.2, 0.25) is 0 Å². The minimum atomic E-state index is -3.75. The summed E-state index contributed by atoms with van der Waals surface area (Å²) < 4.78 is 23.8. The van der Waals surface area contributed by atoms with Crippen LogP contribution in [0.5, 0.6) is 0 Å².